The molecule has 4 N–H and O–H groups in total. The summed E-state index contributed by atoms with van der Waals surface area (Å²) in [6, 6.07) is 46.5. The molecule has 0 amide bonds. The normalized spacial score (nSPS) is 15.7. The third-order valence-electron chi connectivity index (χ3n) is 10.9. The van der Waals surface area contributed by atoms with Crippen molar-refractivity contribution in [3.8, 4) is 33.6 Å². The standard InChI is InChI=1S/C51H38N6/c52-42(33-14-2-1-3-15-33)32-46-41-20-8-9-22-44(41)56-51(57-46)35-26-24-34(25-27-35)49-37-16-4-6-18-39(37)50(40-19-7-5-17-38(40)49)48-31-36(43-21-10-12-28-53-43)30-47(55-48)45-23-11-13-29-54-45/h1-7,10-28,30-32,52,54H,8-9,29H2,(H,56,57)/p+1/b46-32-,52-42?. The first-order chi connectivity index (χ1) is 28.2. The fraction of sp³-hybridized carbons (Fsp3) is 0.0588. The van der Waals surface area contributed by atoms with Crippen LogP contribution in [-0.4, -0.2) is 28.1 Å². The fourth-order valence-electron chi connectivity index (χ4n) is 8.18. The number of aromatic nitrogens is 2. The number of fused-ring (bicyclic) bond motifs is 3. The van der Waals surface area contributed by atoms with Crippen molar-refractivity contribution in [3.63, 3.8) is 0 Å². The summed E-state index contributed by atoms with van der Waals surface area (Å²) in [6.07, 6.45) is 16.5. The monoisotopic (exact) mass is 735 g/mol. The summed E-state index contributed by atoms with van der Waals surface area (Å²) in [6.45, 7) is 0.758. The van der Waals surface area contributed by atoms with Gasteiger partial charge in [-0.1, -0.05) is 121 Å². The molecule has 0 atom stereocenters. The first-order valence-electron chi connectivity index (χ1n) is 19.5. The van der Waals surface area contributed by atoms with Crippen LogP contribution in [0.15, 0.2) is 198 Å². The number of hydrogen-bond donors (Lipinski definition) is 3. The number of benzene rings is 5. The summed E-state index contributed by atoms with van der Waals surface area (Å²) in [4.78, 5) is 15.2. The summed E-state index contributed by atoms with van der Waals surface area (Å²) >= 11 is 0. The van der Waals surface area contributed by atoms with Gasteiger partial charge in [0.15, 0.2) is 0 Å². The van der Waals surface area contributed by atoms with Gasteiger partial charge in [0.25, 0.3) is 0 Å². The number of nitrogens with zero attached hydrogens (tertiary/aromatic N) is 3. The smallest absolute Gasteiger partial charge is 0.237 e. The molecule has 7 aromatic rings. The molecule has 0 unspecified atom stereocenters. The van der Waals surface area contributed by atoms with Crippen LogP contribution in [0, 0.1) is 5.41 Å². The van der Waals surface area contributed by atoms with Crippen LogP contribution >= 0.6 is 0 Å². The molecule has 272 valence electrons. The van der Waals surface area contributed by atoms with E-state index in [1.165, 1.54) is 5.56 Å². The molecule has 2 aromatic heterocycles. The van der Waals surface area contributed by atoms with E-state index >= 15 is 0 Å². The van der Waals surface area contributed by atoms with Gasteiger partial charge in [-0.15, -0.1) is 0 Å². The van der Waals surface area contributed by atoms with Gasteiger partial charge in [0, 0.05) is 29.9 Å². The van der Waals surface area contributed by atoms with Gasteiger partial charge < -0.3 is 10.7 Å². The van der Waals surface area contributed by atoms with Crippen LogP contribution < -0.4 is 10.6 Å². The number of pyridine rings is 2. The van der Waals surface area contributed by atoms with Crippen molar-refractivity contribution in [2.45, 2.75) is 12.8 Å². The zero-order valence-corrected chi connectivity index (χ0v) is 31.3. The van der Waals surface area contributed by atoms with Crippen LogP contribution in [0.2, 0.25) is 0 Å². The molecule has 0 saturated carbocycles. The molecular weight excluding hydrogens is 697 g/mol. The van der Waals surface area contributed by atoms with Crippen LogP contribution in [0.1, 0.15) is 29.7 Å². The molecule has 0 fully saturated rings. The minimum absolute atomic E-state index is 0.487. The highest BCUT2D eigenvalue weighted by Crippen LogP contribution is 2.44. The van der Waals surface area contributed by atoms with Crippen LogP contribution in [0.3, 0.4) is 0 Å². The van der Waals surface area contributed by atoms with Gasteiger partial charge in [0.1, 0.15) is 5.70 Å². The fourth-order valence-corrected chi connectivity index (χ4v) is 8.18. The van der Waals surface area contributed by atoms with Crippen molar-refractivity contribution in [1.82, 2.24) is 15.3 Å². The average Bonchev–Trinajstić information content (AvgIpc) is 3.29. The quantitative estimate of drug-likeness (QED) is 0.112. The zero-order valence-electron chi connectivity index (χ0n) is 31.3. The number of nitrogens with one attached hydrogen (secondary N) is 2. The number of rotatable bonds is 7. The molecular formula is C51H39N6+. The molecule has 3 aliphatic rings. The van der Waals surface area contributed by atoms with Crippen molar-refractivity contribution in [2.75, 3.05) is 6.54 Å². The van der Waals surface area contributed by atoms with Crippen LogP contribution in [-0.2, 0) is 0 Å². The van der Waals surface area contributed by atoms with Crippen LogP contribution in [0.4, 0.5) is 0 Å². The Balaban J connectivity index is 1.09. The van der Waals surface area contributed by atoms with E-state index in [4.69, 9.17) is 20.4 Å². The minimum Gasteiger partial charge on any atom is -0.380 e. The predicted octanol–water partition coefficient (Wildman–Crippen LogP) is 10.2. The molecule has 57 heavy (non-hydrogen) atoms. The number of quaternary nitrogens is 1. The molecule has 5 aromatic carbocycles. The van der Waals surface area contributed by atoms with Crippen LogP contribution in [0.25, 0.3) is 60.9 Å². The molecule has 6 heteroatoms. The lowest BCUT2D eigenvalue weighted by Crippen LogP contribution is -2.87. The second kappa shape index (κ2) is 14.8. The number of aliphatic imine (C=N–C) groups is 1. The second-order valence-electron chi connectivity index (χ2n) is 14.5. The Labute approximate surface area is 331 Å². The summed E-state index contributed by atoms with van der Waals surface area (Å²) < 4.78 is 0. The maximum atomic E-state index is 8.88. The van der Waals surface area contributed by atoms with Crippen molar-refractivity contribution in [1.29, 1.82) is 5.41 Å². The van der Waals surface area contributed by atoms with E-state index < -0.39 is 0 Å². The predicted molar refractivity (Wildman–Crippen MR) is 234 cm³/mol. The molecule has 2 aliphatic heterocycles. The van der Waals surface area contributed by atoms with Gasteiger partial charge >= 0.3 is 0 Å². The van der Waals surface area contributed by atoms with E-state index in [1.807, 2.05) is 54.7 Å². The van der Waals surface area contributed by atoms with Crippen LogP contribution in [0.5, 0.6) is 0 Å². The molecule has 0 bridgehead atoms. The third-order valence-corrected chi connectivity index (χ3v) is 10.9. The van der Waals surface area contributed by atoms with Crippen molar-refractivity contribution in [2.24, 2.45) is 4.99 Å². The van der Waals surface area contributed by atoms with Crippen molar-refractivity contribution >= 4 is 38.8 Å². The Hall–Kier alpha value is -7.28. The van der Waals surface area contributed by atoms with Crippen molar-refractivity contribution in [3.05, 3.63) is 210 Å². The van der Waals surface area contributed by atoms with E-state index in [-0.39, 0.29) is 0 Å². The largest absolute Gasteiger partial charge is 0.380 e. The van der Waals surface area contributed by atoms with E-state index in [1.54, 1.807) is 0 Å². The molecule has 0 spiro atoms. The van der Waals surface area contributed by atoms with Gasteiger partial charge in [0.05, 0.1) is 45.3 Å². The highest BCUT2D eigenvalue weighted by molar-refractivity contribution is 6.21. The van der Waals surface area contributed by atoms with E-state index in [9.17, 15) is 0 Å². The number of dihydropyridines is 1. The number of nitrogens with two attached hydrogens (primary N) is 1. The molecule has 6 nitrogen and oxygen atoms in total. The van der Waals surface area contributed by atoms with Gasteiger partial charge in [0.2, 0.25) is 5.84 Å². The third kappa shape index (κ3) is 6.52. The lowest BCUT2D eigenvalue weighted by molar-refractivity contribution is -0.480. The Kier molecular flexibility index (Phi) is 8.86. The van der Waals surface area contributed by atoms with Gasteiger partial charge in [-0.2, -0.15) is 4.99 Å². The maximum Gasteiger partial charge on any atom is 0.237 e. The summed E-state index contributed by atoms with van der Waals surface area (Å²) in [7, 11) is 0. The molecule has 10 rings (SSSR count). The Morgan fingerprint density at radius 3 is 2.02 bits per heavy atom. The topological polar surface area (TPSA) is 90.6 Å². The van der Waals surface area contributed by atoms with Gasteiger partial charge in [-0.3, -0.25) is 10.3 Å². The van der Waals surface area contributed by atoms with Crippen molar-refractivity contribution < 1.29 is 5.32 Å². The van der Waals surface area contributed by atoms with E-state index in [0.717, 1.165) is 114 Å². The Morgan fingerprint density at radius 2 is 1.32 bits per heavy atom. The number of amidine groups is 1. The zero-order chi connectivity index (χ0) is 38.1. The molecule has 1 aliphatic carbocycles. The minimum atomic E-state index is 0.487. The lowest BCUT2D eigenvalue weighted by atomic mass is 9.86. The average molecular weight is 736 g/mol. The first kappa shape index (κ1) is 34.2. The van der Waals surface area contributed by atoms with Gasteiger partial charge in [-0.05, 0) is 93.6 Å². The second-order valence-corrected chi connectivity index (χ2v) is 14.5. The maximum absolute atomic E-state index is 8.88. The molecule has 0 saturated heterocycles. The van der Waals surface area contributed by atoms with E-state index in [0.29, 0.717) is 5.71 Å². The SMILES string of the molecule is N=C(/C=C1\[NH2+]C(c2ccc(-c3c4ccccc4c(-c4cc(-c5ccccn5)cc(C5=CC=CCN5)n4)c4ccccc34)cc2)=NC2=CCCC=C21)c1ccccc1. The Bertz CT molecular complexity index is 2860. The summed E-state index contributed by atoms with van der Waals surface area (Å²) in [5.41, 5.74) is 13.7. The summed E-state index contributed by atoms with van der Waals surface area (Å²) in [5.74, 6) is 0.900. The molecule has 4 heterocycles. The highest BCUT2D eigenvalue weighted by Gasteiger charge is 2.27. The highest BCUT2D eigenvalue weighted by atomic mass is 15.0. The molecule has 0 radical (unpaired) electrons. The number of hydrogen-bond acceptors (Lipinski definition) is 5. The summed E-state index contributed by atoms with van der Waals surface area (Å²) in [5, 5.41) is 19.1. The van der Waals surface area contributed by atoms with Gasteiger partial charge in [-0.25, -0.2) is 4.98 Å². The number of allylic oxidation sites excluding steroid dienone is 5. The Morgan fingerprint density at radius 1 is 0.649 bits per heavy atom. The first-order valence-corrected chi connectivity index (χ1v) is 19.5. The lowest BCUT2D eigenvalue weighted by Gasteiger charge is -2.21. The van der Waals surface area contributed by atoms with E-state index in [2.05, 4.69) is 132 Å².